The summed E-state index contributed by atoms with van der Waals surface area (Å²) in [6.07, 6.45) is 1.28. The summed E-state index contributed by atoms with van der Waals surface area (Å²) >= 11 is 0. The van der Waals surface area contributed by atoms with Crippen LogP contribution in [0.25, 0.3) is 11.0 Å². The number of aryl methyl sites for hydroxylation is 1. The Bertz CT molecular complexity index is 1630. The van der Waals surface area contributed by atoms with Gasteiger partial charge in [0.1, 0.15) is 11.6 Å². The number of para-hydroxylation sites is 2. The van der Waals surface area contributed by atoms with Crippen molar-refractivity contribution in [2.75, 3.05) is 18.4 Å². The molecule has 0 bridgehead atoms. The van der Waals surface area contributed by atoms with Gasteiger partial charge in [-0.25, -0.2) is 9.37 Å². The number of aromatic nitrogens is 2. The van der Waals surface area contributed by atoms with E-state index in [0.29, 0.717) is 42.7 Å². The van der Waals surface area contributed by atoms with Gasteiger partial charge in [0.15, 0.2) is 5.69 Å². The molecule has 1 aliphatic rings. The van der Waals surface area contributed by atoms with Gasteiger partial charge in [-0.3, -0.25) is 14.4 Å². The van der Waals surface area contributed by atoms with Gasteiger partial charge < -0.3 is 19.5 Å². The zero-order chi connectivity index (χ0) is 28.4. The third-order valence-electron chi connectivity index (χ3n) is 7.02. The molecule has 1 saturated heterocycles. The predicted molar refractivity (Wildman–Crippen MR) is 142 cm³/mol. The smallest absolute Gasteiger partial charge is 0.387 e. The van der Waals surface area contributed by atoms with Crippen LogP contribution >= 0.6 is 0 Å². The molecule has 2 amide bonds. The number of anilines is 1. The lowest BCUT2D eigenvalue weighted by Crippen LogP contribution is -2.38. The summed E-state index contributed by atoms with van der Waals surface area (Å²) in [6, 6.07) is 17.4. The highest BCUT2D eigenvalue weighted by Gasteiger charge is 2.26. The van der Waals surface area contributed by atoms with Crippen LogP contribution in [0.3, 0.4) is 0 Å². The molecule has 0 saturated carbocycles. The van der Waals surface area contributed by atoms with Crippen molar-refractivity contribution in [2.24, 2.45) is 7.05 Å². The molecule has 0 radical (unpaired) electrons. The highest BCUT2D eigenvalue weighted by molar-refractivity contribution is 6.03. The maximum atomic E-state index is 14.4. The van der Waals surface area contributed by atoms with Crippen molar-refractivity contribution in [2.45, 2.75) is 25.4 Å². The Kier molecular flexibility index (Phi) is 7.54. The molecule has 5 rings (SSSR count). The van der Waals surface area contributed by atoms with Crippen molar-refractivity contribution in [3.05, 3.63) is 99.7 Å². The number of carbonyl (C=O) groups is 2. The average Bonchev–Trinajstić information content (AvgIpc) is 2.95. The third kappa shape index (κ3) is 5.54. The number of amides is 2. The molecule has 8 nitrogen and oxygen atoms in total. The summed E-state index contributed by atoms with van der Waals surface area (Å²) in [7, 11) is 1.59. The molecular formula is C29H25F3N4O4. The first-order chi connectivity index (χ1) is 19.2. The van der Waals surface area contributed by atoms with Gasteiger partial charge in [-0.05, 0) is 60.7 Å². The molecular weight excluding hydrogens is 525 g/mol. The summed E-state index contributed by atoms with van der Waals surface area (Å²) < 4.78 is 44.6. The lowest BCUT2D eigenvalue weighted by atomic mass is 9.89. The molecule has 1 fully saturated rings. The fraction of sp³-hybridized carbons (Fsp3) is 0.241. The number of carbonyl (C=O) groups excluding carboxylic acids is 2. The second-order valence-corrected chi connectivity index (χ2v) is 9.48. The zero-order valence-corrected chi connectivity index (χ0v) is 21.4. The van der Waals surface area contributed by atoms with Crippen molar-refractivity contribution in [3.63, 3.8) is 0 Å². The number of hydrogen-bond acceptors (Lipinski definition) is 5. The van der Waals surface area contributed by atoms with Crippen molar-refractivity contribution in [3.8, 4) is 5.75 Å². The molecule has 3 aromatic carbocycles. The van der Waals surface area contributed by atoms with E-state index >= 15 is 0 Å². The number of ether oxygens (including phenoxy) is 1. The third-order valence-corrected chi connectivity index (χ3v) is 7.02. The molecule has 1 N–H and O–H groups in total. The van der Waals surface area contributed by atoms with Crippen LogP contribution in [0, 0.1) is 5.82 Å². The Morgan fingerprint density at radius 3 is 2.40 bits per heavy atom. The molecule has 0 aliphatic carbocycles. The molecule has 206 valence electrons. The summed E-state index contributed by atoms with van der Waals surface area (Å²) in [5.74, 6) is -2.23. The summed E-state index contributed by atoms with van der Waals surface area (Å²) in [5, 5.41) is 2.73. The van der Waals surface area contributed by atoms with Gasteiger partial charge in [-0.1, -0.05) is 24.3 Å². The second kappa shape index (κ2) is 11.2. The molecule has 11 heteroatoms. The van der Waals surface area contributed by atoms with Crippen LogP contribution < -0.4 is 15.6 Å². The minimum atomic E-state index is -3.08. The molecule has 0 spiro atoms. The topological polar surface area (TPSA) is 93.5 Å². The summed E-state index contributed by atoms with van der Waals surface area (Å²) in [4.78, 5) is 44.1. The second-order valence-electron chi connectivity index (χ2n) is 9.48. The predicted octanol–water partition coefficient (Wildman–Crippen LogP) is 4.95. The molecule has 0 atom stereocenters. The van der Waals surface area contributed by atoms with Crippen LogP contribution in [0.5, 0.6) is 5.75 Å². The van der Waals surface area contributed by atoms with E-state index in [-0.39, 0.29) is 22.9 Å². The Morgan fingerprint density at radius 1 is 1.02 bits per heavy atom. The number of rotatable bonds is 6. The van der Waals surface area contributed by atoms with Gasteiger partial charge >= 0.3 is 6.61 Å². The van der Waals surface area contributed by atoms with E-state index < -0.39 is 29.8 Å². The number of nitrogens with zero attached hydrogens (tertiary/aromatic N) is 3. The van der Waals surface area contributed by atoms with E-state index in [4.69, 9.17) is 0 Å². The Labute approximate surface area is 227 Å². The molecule has 1 aliphatic heterocycles. The van der Waals surface area contributed by atoms with Gasteiger partial charge in [0.2, 0.25) is 0 Å². The number of hydrogen-bond donors (Lipinski definition) is 1. The average molecular weight is 551 g/mol. The highest BCUT2D eigenvalue weighted by atomic mass is 19.3. The first-order valence-electron chi connectivity index (χ1n) is 12.6. The largest absolute Gasteiger partial charge is 0.435 e. The maximum Gasteiger partial charge on any atom is 0.387 e. The molecule has 2 heterocycles. The minimum Gasteiger partial charge on any atom is -0.435 e. The van der Waals surface area contributed by atoms with Crippen LogP contribution in [0.15, 0.2) is 71.5 Å². The van der Waals surface area contributed by atoms with Crippen LogP contribution in [-0.2, 0) is 7.05 Å². The van der Waals surface area contributed by atoms with Crippen LogP contribution in [0.2, 0.25) is 0 Å². The quantitative estimate of drug-likeness (QED) is 0.367. The molecule has 0 unspecified atom stereocenters. The highest BCUT2D eigenvalue weighted by Crippen LogP contribution is 2.30. The van der Waals surface area contributed by atoms with E-state index in [1.54, 1.807) is 43.4 Å². The van der Waals surface area contributed by atoms with E-state index in [0.717, 1.165) is 23.8 Å². The van der Waals surface area contributed by atoms with Crippen molar-refractivity contribution >= 4 is 28.5 Å². The first kappa shape index (κ1) is 26.9. The van der Waals surface area contributed by atoms with E-state index in [1.807, 2.05) is 12.1 Å². The van der Waals surface area contributed by atoms with Gasteiger partial charge in [0.25, 0.3) is 17.4 Å². The SMILES string of the molecule is Cn1c(=O)c(C(=O)Nc2ccc(C3CCN(C(=O)c4ccc(OC(F)F)cc4F)CC3)cc2)nc2ccccc21. The van der Waals surface area contributed by atoms with Crippen molar-refractivity contribution in [1.29, 1.82) is 0 Å². The number of alkyl halides is 2. The Morgan fingerprint density at radius 2 is 1.73 bits per heavy atom. The Balaban J connectivity index is 1.20. The number of likely N-dealkylation sites (tertiary alicyclic amines) is 1. The number of halogens is 3. The first-order valence-corrected chi connectivity index (χ1v) is 12.6. The summed E-state index contributed by atoms with van der Waals surface area (Å²) in [5.41, 5.74) is 1.80. The fourth-order valence-electron chi connectivity index (χ4n) is 4.89. The maximum absolute atomic E-state index is 14.4. The van der Waals surface area contributed by atoms with Crippen molar-refractivity contribution in [1.82, 2.24) is 14.5 Å². The Hall–Kier alpha value is -4.67. The van der Waals surface area contributed by atoms with Crippen molar-refractivity contribution < 1.29 is 27.5 Å². The fourth-order valence-corrected chi connectivity index (χ4v) is 4.89. The van der Waals surface area contributed by atoms with Gasteiger partial charge in [0, 0.05) is 31.9 Å². The normalized spacial score (nSPS) is 14.0. The van der Waals surface area contributed by atoms with Gasteiger partial charge in [0.05, 0.1) is 16.6 Å². The van der Waals surface area contributed by atoms with E-state index in [1.165, 1.54) is 9.47 Å². The van der Waals surface area contributed by atoms with Gasteiger partial charge in [-0.15, -0.1) is 0 Å². The van der Waals surface area contributed by atoms with Crippen LogP contribution in [0.4, 0.5) is 18.9 Å². The number of piperidine rings is 1. The molecule has 40 heavy (non-hydrogen) atoms. The molecule has 4 aromatic rings. The molecule has 1 aromatic heterocycles. The standard InChI is InChI=1S/C29H25F3N4O4/c1-35-24-5-3-2-4-23(24)34-25(28(35)39)26(37)33-19-8-6-17(7-9-19)18-12-14-36(15-13-18)27(38)21-11-10-20(16-22(21)30)40-29(31)32/h2-11,16,18,29H,12-15H2,1H3,(H,33,37). The van der Waals surface area contributed by atoms with Gasteiger partial charge in [-0.2, -0.15) is 8.78 Å². The number of benzene rings is 3. The summed E-state index contributed by atoms with van der Waals surface area (Å²) in [6.45, 7) is -2.29. The van der Waals surface area contributed by atoms with Crippen LogP contribution in [0.1, 0.15) is 45.2 Å². The number of nitrogens with one attached hydrogen (secondary N) is 1. The van der Waals surface area contributed by atoms with E-state index in [9.17, 15) is 27.6 Å². The van der Waals surface area contributed by atoms with E-state index in [2.05, 4.69) is 15.0 Å². The minimum absolute atomic E-state index is 0.148. The van der Waals surface area contributed by atoms with Crippen LogP contribution in [-0.4, -0.2) is 46.0 Å². The number of fused-ring (bicyclic) bond motifs is 1. The monoisotopic (exact) mass is 550 g/mol. The lowest BCUT2D eigenvalue weighted by Gasteiger charge is -2.32. The zero-order valence-electron chi connectivity index (χ0n) is 21.4. The lowest BCUT2D eigenvalue weighted by molar-refractivity contribution is -0.0500.